The van der Waals surface area contributed by atoms with Gasteiger partial charge in [0.25, 0.3) is 5.56 Å². The van der Waals surface area contributed by atoms with Gasteiger partial charge in [0, 0.05) is 35.3 Å². The smallest absolute Gasteiger partial charge is 0.269 e. The second-order valence-corrected chi connectivity index (χ2v) is 9.30. The summed E-state index contributed by atoms with van der Waals surface area (Å²) in [6.45, 7) is 4.22. The number of aromatic nitrogens is 2. The first-order valence-electron chi connectivity index (χ1n) is 10.7. The number of nitrogens with one attached hydrogen (secondary N) is 1. The predicted molar refractivity (Wildman–Crippen MR) is 131 cm³/mol. The number of likely N-dealkylation sites (tertiary alicyclic amines) is 1. The number of nitrogens with zero attached hydrogens (tertiary/aromatic N) is 3. The maximum Gasteiger partial charge on any atom is 0.269 e. The molecule has 5 rings (SSSR count). The van der Waals surface area contributed by atoms with Crippen LogP contribution in [0.3, 0.4) is 0 Å². The molecule has 0 amide bonds. The van der Waals surface area contributed by atoms with Crippen LogP contribution in [0.25, 0.3) is 21.1 Å². The molecule has 8 heteroatoms. The van der Waals surface area contributed by atoms with Gasteiger partial charge >= 0.3 is 0 Å². The van der Waals surface area contributed by atoms with E-state index in [4.69, 9.17) is 0 Å². The van der Waals surface area contributed by atoms with Gasteiger partial charge in [0.2, 0.25) is 0 Å². The molecule has 1 saturated heterocycles. The quantitative estimate of drug-likeness (QED) is 0.451. The van der Waals surface area contributed by atoms with Crippen molar-refractivity contribution in [2.24, 2.45) is 0 Å². The molecule has 1 aliphatic heterocycles. The first-order chi connectivity index (χ1) is 15.2. The van der Waals surface area contributed by atoms with Crippen molar-refractivity contribution in [1.29, 1.82) is 0 Å². The van der Waals surface area contributed by atoms with Crippen molar-refractivity contribution in [1.82, 2.24) is 19.8 Å². The fraction of sp³-hybridized carbons (Fsp3) is 0.333. The van der Waals surface area contributed by atoms with Gasteiger partial charge in [0.1, 0.15) is 5.82 Å². The molecule has 168 valence electrons. The predicted octanol–water partition coefficient (Wildman–Crippen LogP) is 4.43. The van der Waals surface area contributed by atoms with E-state index in [-0.39, 0.29) is 23.8 Å². The summed E-state index contributed by atoms with van der Waals surface area (Å²) < 4.78 is 16.7. The van der Waals surface area contributed by atoms with Gasteiger partial charge < -0.3 is 14.8 Å². The highest BCUT2D eigenvalue weighted by Gasteiger charge is 2.19. The third-order valence-electron chi connectivity index (χ3n) is 6.08. The van der Waals surface area contributed by atoms with Gasteiger partial charge in [0.05, 0.1) is 17.2 Å². The van der Waals surface area contributed by atoms with Gasteiger partial charge in [-0.3, -0.25) is 4.79 Å². The number of hydrogen-bond donors (Lipinski definition) is 1. The van der Waals surface area contributed by atoms with Crippen LogP contribution < -0.4 is 10.9 Å². The van der Waals surface area contributed by atoms with E-state index in [1.807, 2.05) is 11.3 Å². The lowest BCUT2D eigenvalue weighted by Crippen LogP contribution is -2.43. The van der Waals surface area contributed by atoms with E-state index in [2.05, 4.69) is 45.5 Å². The first kappa shape index (κ1) is 22.9. The van der Waals surface area contributed by atoms with E-state index in [0.29, 0.717) is 23.6 Å². The van der Waals surface area contributed by atoms with E-state index in [9.17, 15) is 9.18 Å². The molecule has 0 aliphatic carbocycles. The van der Waals surface area contributed by atoms with Crippen molar-refractivity contribution in [3.63, 3.8) is 0 Å². The molecule has 1 fully saturated rings. The minimum atomic E-state index is -0.348. The van der Waals surface area contributed by atoms with Crippen LogP contribution in [-0.4, -0.2) is 40.1 Å². The second-order valence-electron chi connectivity index (χ2n) is 8.13. The Morgan fingerprint density at radius 2 is 1.91 bits per heavy atom. The van der Waals surface area contributed by atoms with Gasteiger partial charge in [-0.1, -0.05) is 18.2 Å². The van der Waals surface area contributed by atoms with Crippen molar-refractivity contribution in [2.45, 2.75) is 32.0 Å². The van der Waals surface area contributed by atoms with E-state index < -0.39 is 0 Å². The lowest BCUT2D eigenvalue weighted by Gasteiger charge is -2.32. The van der Waals surface area contributed by atoms with E-state index >= 15 is 0 Å². The van der Waals surface area contributed by atoms with Crippen LogP contribution in [0.2, 0.25) is 0 Å². The molecule has 2 aromatic carbocycles. The number of halogens is 2. The number of hydrogen-bond acceptors (Lipinski definition) is 5. The summed E-state index contributed by atoms with van der Waals surface area (Å²) in [4.78, 5) is 20.2. The first-order valence-corrected chi connectivity index (χ1v) is 11.6. The molecule has 3 heterocycles. The molecule has 0 atom stereocenters. The van der Waals surface area contributed by atoms with Gasteiger partial charge in [-0.15, -0.1) is 23.7 Å². The molecule has 1 N–H and O–H groups in total. The Hall–Kier alpha value is -2.32. The van der Waals surface area contributed by atoms with Crippen LogP contribution in [0.5, 0.6) is 0 Å². The number of fused-ring (bicyclic) bond motifs is 2. The van der Waals surface area contributed by atoms with Crippen molar-refractivity contribution < 1.29 is 4.39 Å². The molecule has 0 spiro atoms. The third kappa shape index (κ3) is 5.02. The van der Waals surface area contributed by atoms with E-state index in [0.717, 1.165) is 39.0 Å². The lowest BCUT2D eigenvalue weighted by molar-refractivity contribution is 0.191. The average Bonchev–Trinajstić information content (AvgIpc) is 3.21. The summed E-state index contributed by atoms with van der Waals surface area (Å²) in [5.41, 5.74) is 1.02. The Morgan fingerprint density at radius 1 is 1.09 bits per heavy atom. The summed E-state index contributed by atoms with van der Waals surface area (Å²) >= 11 is 1.86. The fourth-order valence-electron chi connectivity index (χ4n) is 4.34. The number of thiophene rings is 1. The zero-order valence-electron chi connectivity index (χ0n) is 17.7. The van der Waals surface area contributed by atoms with Crippen molar-refractivity contribution >= 4 is 44.9 Å². The summed E-state index contributed by atoms with van der Waals surface area (Å²) in [6, 6.07) is 15.7. The summed E-state index contributed by atoms with van der Waals surface area (Å²) in [5, 5.41) is 5.03. The van der Waals surface area contributed by atoms with Crippen molar-refractivity contribution in [3.8, 4) is 0 Å². The molecule has 0 unspecified atom stereocenters. The van der Waals surface area contributed by atoms with Crippen LogP contribution >= 0.6 is 23.7 Å². The molecule has 5 nitrogen and oxygen atoms in total. The van der Waals surface area contributed by atoms with Crippen LogP contribution in [0.4, 0.5) is 4.39 Å². The van der Waals surface area contributed by atoms with Crippen molar-refractivity contribution in [3.05, 3.63) is 75.8 Å². The standard InChI is InChI=1S/C24H25FN4OS.ClH/c25-18-5-6-21-22(14-18)29(24(30)16-27-21)12-11-28-9-7-19(8-10-28)26-15-20-13-17-3-1-2-4-23(17)31-20;/h1-6,13-14,16,19,26H,7-12,15H2;1H. The minimum absolute atomic E-state index is 0. The summed E-state index contributed by atoms with van der Waals surface area (Å²) in [5.74, 6) is -0.348. The van der Waals surface area contributed by atoms with E-state index in [1.54, 1.807) is 10.6 Å². The van der Waals surface area contributed by atoms with Gasteiger partial charge in [-0.25, -0.2) is 9.37 Å². The number of benzene rings is 2. The highest BCUT2D eigenvalue weighted by atomic mass is 35.5. The zero-order valence-corrected chi connectivity index (χ0v) is 19.3. The summed E-state index contributed by atoms with van der Waals surface area (Å²) in [7, 11) is 0. The monoisotopic (exact) mass is 472 g/mol. The minimum Gasteiger partial charge on any atom is -0.309 e. The van der Waals surface area contributed by atoms with Gasteiger partial charge in [-0.05, 0) is 61.6 Å². The molecular formula is C24H26ClFN4OS. The van der Waals surface area contributed by atoms with Crippen LogP contribution in [0, 0.1) is 5.82 Å². The highest BCUT2D eigenvalue weighted by molar-refractivity contribution is 7.19. The molecular weight excluding hydrogens is 447 g/mol. The average molecular weight is 473 g/mol. The SMILES string of the molecule is Cl.O=c1cnc2ccc(F)cc2n1CCN1CCC(NCc2cc3ccccc3s2)CC1. The van der Waals surface area contributed by atoms with Gasteiger partial charge in [0.15, 0.2) is 0 Å². The zero-order chi connectivity index (χ0) is 21.2. The Labute approximate surface area is 196 Å². The molecule has 32 heavy (non-hydrogen) atoms. The maximum absolute atomic E-state index is 13.7. The molecule has 2 aromatic heterocycles. The van der Waals surface area contributed by atoms with Crippen molar-refractivity contribution in [2.75, 3.05) is 19.6 Å². The fourth-order valence-corrected chi connectivity index (χ4v) is 5.35. The lowest BCUT2D eigenvalue weighted by atomic mass is 10.1. The Kier molecular flexibility index (Phi) is 7.20. The van der Waals surface area contributed by atoms with Crippen LogP contribution in [0.1, 0.15) is 17.7 Å². The largest absolute Gasteiger partial charge is 0.309 e. The van der Waals surface area contributed by atoms with Crippen LogP contribution in [0.15, 0.2) is 59.5 Å². The highest BCUT2D eigenvalue weighted by Crippen LogP contribution is 2.25. The van der Waals surface area contributed by atoms with Gasteiger partial charge in [-0.2, -0.15) is 0 Å². The maximum atomic E-state index is 13.7. The van der Waals surface area contributed by atoms with E-state index in [1.165, 1.54) is 33.3 Å². The number of piperidine rings is 1. The molecule has 1 aliphatic rings. The van der Waals surface area contributed by atoms with Crippen LogP contribution in [-0.2, 0) is 13.1 Å². The molecule has 0 radical (unpaired) electrons. The molecule has 0 saturated carbocycles. The number of rotatable bonds is 6. The Balaban J connectivity index is 0.00000245. The summed E-state index contributed by atoms with van der Waals surface area (Å²) in [6.07, 6.45) is 3.50. The molecule has 4 aromatic rings. The normalized spacial score (nSPS) is 15.3. The topological polar surface area (TPSA) is 50.2 Å². The molecule has 0 bridgehead atoms. The second kappa shape index (κ2) is 10.1. The Bertz CT molecular complexity index is 1230. The third-order valence-corrected chi connectivity index (χ3v) is 7.19. The Morgan fingerprint density at radius 3 is 2.72 bits per heavy atom.